The molecule has 4 aliphatic rings. The van der Waals surface area contributed by atoms with Gasteiger partial charge in [0.15, 0.2) is 5.78 Å². The molecule has 1 N–H and O–H groups in total. The predicted octanol–water partition coefficient (Wildman–Crippen LogP) is 4.29. The third-order valence-electron chi connectivity index (χ3n) is 8.67. The zero-order chi connectivity index (χ0) is 16.6. The number of allylic oxidation sites excluding steroid dienone is 4. The average Bonchev–Trinajstić information content (AvgIpc) is 2.67. The summed E-state index contributed by atoms with van der Waals surface area (Å²) in [5, 5.41) is 11.2. The Morgan fingerprint density at radius 2 is 1.91 bits per heavy atom. The summed E-state index contributed by atoms with van der Waals surface area (Å²) in [6.45, 7) is 8.99. The van der Waals surface area contributed by atoms with Gasteiger partial charge in [-0.1, -0.05) is 32.4 Å². The Hall–Kier alpha value is -0.890. The molecule has 0 radical (unpaired) electrons. The molecule has 0 bridgehead atoms. The summed E-state index contributed by atoms with van der Waals surface area (Å²) in [6, 6.07) is 0. The van der Waals surface area contributed by atoms with E-state index in [9.17, 15) is 9.90 Å². The van der Waals surface area contributed by atoms with Gasteiger partial charge in [-0.15, -0.1) is 0 Å². The molecule has 5 unspecified atom stereocenters. The van der Waals surface area contributed by atoms with Crippen molar-refractivity contribution in [3.05, 3.63) is 23.8 Å². The largest absolute Gasteiger partial charge is 0.389 e. The van der Waals surface area contributed by atoms with Crippen LogP contribution in [0.25, 0.3) is 0 Å². The highest BCUT2D eigenvalue weighted by molar-refractivity contribution is 6.01. The van der Waals surface area contributed by atoms with Crippen molar-refractivity contribution in [2.45, 2.75) is 65.4 Å². The number of hydrogen-bond donors (Lipinski definition) is 1. The average molecular weight is 314 g/mol. The Morgan fingerprint density at radius 1 is 1.17 bits per heavy atom. The molecule has 4 rings (SSSR count). The summed E-state index contributed by atoms with van der Waals surface area (Å²) < 4.78 is 0. The smallest absolute Gasteiger partial charge is 0.178 e. The molecule has 0 aromatic carbocycles. The standard InChI is InChI=1S/C21H30O2/c1-13-11-18-16-6-5-14-12-15(22)7-9-19(14,2)17(16)8-10-20(18,3)21(13,4)23/h7,9,12-13,16-18,23H,5-6,8,10-11H2,1-4H3/t13-,16?,17?,18?,19?,20?,21+/m1/s1. The van der Waals surface area contributed by atoms with Crippen molar-refractivity contribution in [1.29, 1.82) is 0 Å². The second-order valence-corrected chi connectivity index (χ2v) is 9.34. The molecule has 0 aliphatic heterocycles. The Labute approximate surface area is 140 Å². The Bertz CT molecular complexity index is 613. The van der Waals surface area contributed by atoms with Crippen LogP contribution >= 0.6 is 0 Å². The molecule has 0 amide bonds. The van der Waals surface area contributed by atoms with E-state index in [1.807, 2.05) is 6.08 Å². The molecule has 2 heteroatoms. The quantitative estimate of drug-likeness (QED) is 0.724. The van der Waals surface area contributed by atoms with Crippen LogP contribution in [0.1, 0.15) is 59.8 Å². The minimum Gasteiger partial charge on any atom is -0.389 e. The van der Waals surface area contributed by atoms with Gasteiger partial charge in [-0.2, -0.15) is 0 Å². The van der Waals surface area contributed by atoms with E-state index in [4.69, 9.17) is 0 Å². The maximum atomic E-state index is 11.8. The van der Waals surface area contributed by atoms with E-state index in [0.29, 0.717) is 23.7 Å². The van der Waals surface area contributed by atoms with Gasteiger partial charge in [0, 0.05) is 5.41 Å². The Kier molecular flexibility index (Phi) is 3.12. The first-order chi connectivity index (χ1) is 10.7. The van der Waals surface area contributed by atoms with Crippen LogP contribution in [0.5, 0.6) is 0 Å². The van der Waals surface area contributed by atoms with E-state index in [1.54, 1.807) is 6.08 Å². The van der Waals surface area contributed by atoms with E-state index < -0.39 is 5.60 Å². The molecule has 23 heavy (non-hydrogen) atoms. The summed E-state index contributed by atoms with van der Waals surface area (Å²) >= 11 is 0. The van der Waals surface area contributed by atoms with Gasteiger partial charge < -0.3 is 5.11 Å². The lowest BCUT2D eigenvalue weighted by Gasteiger charge is -2.58. The van der Waals surface area contributed by atoms with Gasteiger partial charge in [-0.05, 0) is 80.3 Å². The summed E-state index contributed by atoms with van der Waals surface area (Å²) in [7, 11) is 0. The Morgan fingerprint density at radius 3 is 2.65 bits per heavy atom. The fraction of sp³-hybridized carbons (Fsp3) is 0.762. The molecule has 0 aromatic rings. The first-order valence-corrected chi connectivity index (χ1v) is 9.37. The maximum absolute atomic E-state index is 11.8. The number of fused-ring (bicyclic) bond motifs is 5. The minimum absolute atomic E-state index is 0.0549. The molecule has 3 fully saturated rings. The lowest BCUT2D eigenvalue weighted by molar-refractivity contribution is -0.123. The molecule has 0 heterocycles. The van der Waals surface area contributed by atoms with E-state index >= 15 is 0 Å². The summed E-state index contributed by atoms with van der Waals surface area (Å²) in [5.74, 6) is 2.48. The summed E-state index contributed by atoms with van der Waals surface area (Å²) in [6.07, 6.45) is 11.6. The van der Waals surface area contributed by atoms with Crippen LogP contribution in [-0.2, 0) is 4.79 Å². The van der Waals surface area contributed by atoms with E-state index in [0.717, 1.165) is 19.3 Å². The van der Waals surface area contributed by atoms with E-state index in [1.165, 1.54) is 18.4 Å². The molecule has 7 atom stereocenters. The lowest BCUT2D eigenvalue weighted by Crippen LogP contribution is -2.54. The van der Waals surface area contributed by atoms with Crippen LogP contribution in [-0.4, -0.2) is 16.5 Å². The topological polar surface area (TPSA) is 37.3 Å². The number of carbonyl (C=O) groups is 1. The second-order valence-electron chi connectivity index (χ2n) is 9.34. The van der Waals surface area contributed by atoms with Gasteiger partial charge in [0.1, 0.15) is 0 Å². The van der Waals surface area contributed by atoms with Gasteiger partial charge in [0.05, 0.1) is 5.60 Å². The van der Waals surface area contributed by atoms with Crippen molar-refractivity contribution in [3.63, 3.8) is 0 Å². The number of ketones is 1. The summed E-state index contributed by atoms with van der Waals surface area (Å²) in [5.41, 5.74) is 0.931. The van der Waals surface area contributed by atoms with Crippen LogP contribution in [0.2, 0.25) is 0 Å². The van der Waals surface area contributed by atoms with Crippen LogP contribution in [0.3, 0.4) is 0 Å². The lowest BCUT2D eigenvalue weighted by atomic mass is 9.47. The fourth-order valence-electron chi connectivity index (χ4n) is 6.75. The van der Waals surface area contributed by atoms with Crippen molar-refractivity contribution in [1.82, 2.24) is 0 Å². The highest BCUT2D eigenvalue weighted by atomic mass is 16.3. The van der Waals surface area contributed by atoms with Crippen molar-refractivity contribution in [3.8, 4) is 0 Å². The number of hydrogen-bond acceptors (Lipinski definition) is 2. The molecule has 4 aliphatic carbocycles. The second kappa shape index (κ2) is 4.59. The normalized spacial score (nSPS) is 55.0. The summed E-state index contributed by atoms with van der Waals surface area (Å²) in [4.78, 5) is 11.8. The number of rotatable bonds is 0. The highest BCUT2D eigenvalue weighted by Crippen LogP contribution is 2.67. The van der Waals surface area contributed by atoms with Crippen LogP contribution < -0.4 is 0 Å². The van der Waals surface area contributed by atoms with Crippen LogP contribution in [0.15, 0.2) is 23.8 Å². The van der Waals surface area contributed by atoms with Crippen molar-refractivity contribution in [2.75, 3.05) is 0 Å². The van der Waals surface area contributed by atoms with Crippen LogP contribution in [0.4, 0.5) is 0 Å². The maximum Gasteiger partial charge on any atom is 0.178 e. The first-order valence-electron chi connectivity index (χ1n) is 9.37. The van der Waals surface area contributed by atoms with Crippen molar-refractivity contribution in [2.24, 2.45) is 34.5 Å². The number of carbonyl (C=O) groups excluding carboxylic acids is 1. The van der Waals surface area contributed by atoms with Gasteiger partial charge in [-0.25, -0.2) is 0 Å². The SMILES string of the molecule is C[C@@H]1CC2C3CCC4=CC(=O)C=CC4(C)C3CCC2(C)[C@@]1(C)O. The molecular weight excluding hydrogens is 284 g/mol. The van der Waals surface area contributed by atoms with Gasteiger partial charge in [0.25, 0.3) is 0 Å². The number of aliphatic hydroxyl groups is 1. The van der Waals surface area contributed by atoms with E-state index in [-0.39, 0.29) is 16.6 Å². The molecular formula is C21H30O2. The van der Waals surface area contributed by atoms with Crippen molar-refractivity contribution >= 4 is 5.78 Å². The van der Waals surface area contributed by atoms with Gasteiger partial charge >= 0.3 is 0 Å². The molecule has 126 valence electrons. The fourth-order valence-corrected chi connectivity index (χ4v) is 6.75. The predicted molar refractivity (Wildman–Crippen MR) is 91.8 cm³/mol. The molecule has 2 nitrogen and oxygen atoms in total. The zero-order valence-electron chi connectivity index (χ0n) is 14.9. The molecule has 3 saturated carbocycles. The Balaban J connectivity index is 1.72. The first kappa shape index (κ1) is 15.6. The van der Waals surface area contributed by atoms with Gasteiger partial charge in [0.2, 0.25) is 0 Å². The molecule has 0 aromatic heterocycles. The van der Waals surface area contributed by atoms with E-state index in [2.05, 4.69) is 33.8 Å². The van der Waals surface area contributed by atoms with Gasteiger partial charge in [-0.3, -0.25) is 4.79 Å². The van der Waals surface area contributed by atoms with Crippen LogP contribution in [0, 0.1) is 34.5 Å². The zero-order valence-corrected chi connectivity index (χ0v) is 14.9. The molecule has 0 spiro atoms. The monoisotopic (exact) mass is 314 g/mol. The van der Waals surface area contributed by atoms with Crippen molar-refractivity contribution < 1.29 is 9.90 Å². The third-order valence-corrected chi connectivity index (χ3v) is 8.67. The highest BCUT2D eigenvalue weighted by Gasteiger charge is 2.64. The minimum atomic E-state index is -0.544. The third kappa shape index (κ3) is 1.82. The molecule has 0 saturated heterocycles.